The van der Waals surface area contributed by atoms with Crippen LogP contribution in [-0.2, 0) is 22.7 Å². The number of nitrogens with zero attached hydrogens (tertiary/aromatic N) is 3. The van der Waals surface area contributed by atoms with Gasteiger partial charge in [0.15, 0.2) is 0 Å². The highest BCUT2D eigenvalue weighted by atomic mass is 19.1. The molecule has 3 aliphatic heterocycles. The third-order valence-electron chi connectivity index (χ3n) is 6.53. The van der Waals surface area contributed by atoms with Crippen LogP contribution in [0.4, 0.5) is 4.39 Å². The topological polar surface area (TPSA) is 64.1 Å². The number of carbonyl (C=O) groups is 2. The molecule has 3 heterocycles. The summed E-state index contributed by atoms with van der Waals surface area (Å²) in [5.74, 6) is -0.714. The first kappa shape index (κ1) is 19.4. The van der Waals surface area contributed by atoms with Crippen LogP contribution in [0.2, 0.25) is 0 Å². The average Bonchev–Trinajstić information content (AvgIpc) is 3.11. The van der Waals surface area contributed by atoms with Crippen molar-refractivity contribution < 1.29 is 19.1 Å². The third-order valence-corrected chi connectivity index (χ3v) is 6.53. The fourth-order valence-electron chi connectivity index (χ4n) is 5.08. The molecule has 2 aromatic rings. The number of carbonyl (C=O) groups excluding carboxylic acids is 2. The van der Waals surface area contributed by atoms with Crippen molar-refractivity contribution in [2.45, 2.75) is 37.2 Å². The van der Waals surface area contributed by atoms with Gasteiger partial charge in [-0.15, -0.1) is 0 Å². The standard InChI is InChI=1S/C23H24FN3O3/c24-19-9-5-4-8-17(19)12-25-14-23(15-25)22(30)26(11-16-6-2-1-3-7-16)21(29)20-10-18(28)13-27(20)23/h1-9,18,20,28H,10-15H2. The summed E-state index contributed by atoms with van der Waals surface area (Å²) in [6, 6.07) is 15.6. The van der Waals surface area contributed by atoms with E-state index in [-0.39, 0.29) is 24.2 Å². The van der Waals surface area contributed by atoms with Crippen LogP contribution in [0.1, 0.15) is 17.5 Å². The van der Waals surface area contributed by atoms with Gasteiger partial charge in [-0.05, 0) is 18.1 Å². The van der Waals surface area contributed by atoms with Gasteiger partial charge in [-0.3, -0.25) is 24.3 Å². The zero-order valence-electron chi connectivity index (χ0n) is 16.6. The number of rotatable bonds is 4. The molecule has 0 bridgehead atoms. The maximum atomic E-state index is 14.1. The molecule has 2 aromatic carbocycles. The number of fused-ring (bicyclic) bond motifs is 2. The SMILES string of the molecule is O=C1C2CC(O)CN2C2(CN(Cc3ccccc3F)C2)C(=O)N1Cc1ccccc1. The summed E-state index contributed by atoms with van der Waals surface area (Å²) in [5.41, 5.74) is 0.644. The van der Waals surface area contributed by atoms with Crippen molar-refractivity contribution in [2.24, 2.45) is 0 Å². The molecule has 1 spiro atoms. The predicted octanol–water partition coefficient (Wildman–Crippen LogP) is 1.38. The zero-order valence-corrected chi connectivity index (χ0v) is 16.6. The van der Waals surface area contributed by atoms with Gasteiger partial charge in [0.2, 0.25) is 5.91 Å². The number of β-amino-alcohol motifs (C(OH)–C–C–N with tert-alkyl or cyclic N) is 1. The van der Waals surface area contributed by atoms with Gasteiger partial charge in [0.05, 0.1) is 18.7 Å². The van der Waals surface area contributed by atoms with Crippen LogP contribution in [0.15, 0.2) is 54.6 Å². The van der Waals surface area contributed by atoms with Crippen LogP contribution in [0.5, 0.6) is 0 Å². The molecule has 7 heteroatoms. The first-order chi connectivity index (χ1) is 14.5. The van der Waals surface area contributed by atoms with Crippen molar-refractivity contribution in [1.29, 1.82) is 0 Å². The van der Waals surface area contributed by atoms with Crippen LogP contribution in [-0.4, -0.2) is 68.9 Å². The second-order valence-electron chi connectivity index (χ2n) is 8.54. The van der Waals surface area contributed by atoms with Gasteiger partial charge in [-0.25, -0.2) is 4.39 Å². The first-order valence-corrected chi connectivity index (χ1v) is 10.3. The van der Waals surface area contributed by atoms with Gasteiger partial charge in [0.25, 0.3) is 5.91 Å². The van der Waals surface area contributed by atoms with Crippen molar-refractivity contribution in [3.8, 4) is 0 Å². The number of imide groups is 1. The lowest BCUT2D eigenvalue weighted by molar-refractivity contribution is -0.181. The maximum Gasteiger partial charge on any atom is 0.252 e. The summed E-state index contributed by atoms with van der Waals surface area (Å²) in [6.07, 6.45) is -0.284. The molecule has 2 atom stereocenters. The predicted molar refractivity (Wildman–Crippen MR) is 108 cm³/mol. The highest BCUT2D eigenvalue weighted by Crippen LogP contribution is 2.41. The first-order valence-electron chi connectivity index (χ1n) is 10.3. The smallest absolute Gasteiger partial charge is 0.252 e. The molecule has 0 aliphatic carbocycles. The van der Waals surface area contributed by atoms with Gasteiger partial charge in [0, 0.05) is 31.7 Å². The van der Waals surface area contributed by atoms with Crippen LogP contribution in [0, 0.1) is 5.82 Å². The van der Waals surface area contributed by atoms with E-state index in [9.17, 15) is 19.1 Å². The lowest BCUT2D eigenvalue weighted by atomic mass is 9.82. The van der Waals surface area contributed by atoms with Crippen molar-refractivity contribution >= 4 is 11.8 Å². The lowest BCUT2D eigenvalue weighted by Crippen LogP contribution is -2.81. The van der Waals surface area contributed by atoms with Crippen LogP contribution >= 0.6 is 0 Å². The summed E-state index contributed by atoms with van der Waals surface area (Å²) < 4.78 is 14.1. The van der Waals surface area contributed by atoms with Crippen molar-refractivity contribution in [1.82, 2.24) is 14.7 Å². The molecule has 2 unspecified atom stereocenters. The molecule has 3 saturated heterocycles. The molecular weight excluding hydrogens is 385 g/mol. The zero-order chi connectivity index (χ0) is 20.9. The van der Waals surface area contributed by atoms with E-state index in [4.69, 9.17) is 0 Å². The quantitative estimate of drug-likeness (QED) is 0.774. The number of benzene rings is 2. The maximum absolute atomic E-state index is 14.1. The normalized spacial score (nSPS) is 26.1. The molecule has 2 amide bonds. The van der Waals surface area contributed by atoms with Gasteiger partial charge in [0.1, 0.15) is 11.4 Å². The second-order valence-corrected chi connectivity index (χ2v) is 8.54. The number of hydrogen-bond acceptors (Lipinski definition) is 5. The molecule has 0 aromatic heterocycles. The minimum absolute atomic E-state index is 0.216. The Morgan fingerprint density at radius 1 is 1.00 bits per heavy atom. The van der Waals surface area contributed by atoms with E-state index in [1.54, 1.807) is 18.2 Å². The van der Waals surface area contributed by atoms with Crippen molar-refractivity contribution in [3.05, 3.63) is 71.5 Å². The lowest BCUT2D eigenvalue weighted by Gasteiger charge is -2.58. The highest BCUT2D eigenvalue weighted by Gasteiger charge is 2.64. The van der Waals surface area contributed by atoms with Crippen molar-refractivity contribution in [2.75, 3.05) is 19.6 Å². The highest BCUT2D eigenvalue weighted by molar-refractivity contribution is 6.06. The van der Waals surface area contributed by atoms with Gasteiger partial charge in [-0.2, -0.15) is 0 Å². The fraction of sp³-hybridized carbons (Fsp3) is 0.391. The summed E-state index contributed by atoms with van der Waals surface area (Å²) in [6.45, 7) is 1.79. The Labute approximate surface area is 174 Å². The van der Waals surface area contributed by atoms with Gasteiger partial charge >= 0.3 is 0 Å². The van der Waals surface area contributed by atoms with E-state index in [2.05, 4.69) is 0 Å². The minimum Gasteiger partial charge on any atom is -0.392 e. The summed E-state index contributed by atoms with van der Waals surface area (Å²) in [4.78, 5) is 31.9. The molecule has 156 valence electrons. The average molecular weight is 409 g/mol. The summed E-state index contributed by atoms with van der Waals surface area (Å²) >= 11 is 0. The molecular formula is C23H24FN3O3. The van der Waals surface area contributed by atoms with Crippen molar-refractivity contribution in [3.63, 3.8) is 0 Å². The van der Waals surface area contributed by atoms with E-state index in [1.165, 1.54) is 11.0 Å². The number of amides is 2. The Morgan fingerprint density at radius 3 is 2.43 bits per heavy atom. The summed E-state index contributed by atoms with van der Waals surface area (Å²) in [5, 5.41) is 10.2. The Bertz CT molecular complexity index is 977. The van der Waals surface area contributed by atoms with Gasteiger partial charge in [-0.1, -0.05) is 48.5 Å². The molecule has 5 rings (SSSR count). The third kappa shape index (κ3) is 3.05. The number of halogens is 1. The van der Waals surface area contributed by atoms with E-state index >= 15 is 0 Å². The van der Waals surface area contributed by atoms with Crippen LogP contribution < -0.4 is 0 Å². The van der Waals surface area contributed by atoms with E-state index in [1.807, 2.05) is 40.1 Å². The molecule has 30 heavy (non-hydrogen) atoms. The minimum atomic E-state index is -0.837. The van der Waals surface area contributed by atoms with E-state index in [0.29, 0.717) is 38.2 Å². The fourth-order valence-corrected chi connectivity index (χ4v) is 5.08. The number of piperazine rings is 1. The van der Waals surface area contributed by atoms with Crippen LogP contribution in [0.25, 0.3) is 0 Å². The van der Waals surface area contributed by atoms with E-state index < -0.39 is 17.7 Å². The number of hydrogen-bond donors (Lipinski definition) is 1. The number of likely N-dealkylation sites (tertiary alicyclic amines) is 1. The Balaban J connectivity index is 1.40. The van der Waals surface area contributed by atoms with Gasteiger partial charge < -0.3 is 5.11 Å². The van der Waals surface area contributed by atoms with E-state index in [0.717, 1.165) is 5.56 Å². The Hall–Kier alpha value is -2.61. The Kier molecular flexibility index (Phi) is 4.69. The number of aliphatic hydroxyl groups is 1. The molecule has 3 fully saturated rings. The molecule has 6 nitrogen and oxygen atoms in total. The largest absolute Gasteiger partial charge is 0.392 e. The number of aliphatic hydroxyl groups excluding tert-OH is 1. The molecule has 1 N–H and O–H groups in total. The van der Waals surface area contributed by atoms with Crippen LogP contribution in [0.3, 0.4) is 0 Å². The summed E-state index contributed by atoms with van der Waals surface area (Å²) in [7, 11) is 0. The molecule has 3 aliphatic rings. The molecule has 0 saturated carbocycles. The monoisotopic (exact) mass is 409 g/mol. The second kappa shape index (κ2) is 7.27. The Morgan fingerprint density at radius 2 is 1.70 bits per heavy atom. The molecule has 0 radical (unpaired) electrons.